The Morgan fingerprint density at radius 3 is 2.46 bits per heavy atom. The first kappa shape index (κ1) is 19.6. The second-order valence-electron chi connectivity index (χ2n) is 5.67. The monoisotopic (exact) mass is 376 g/mol. The number of carbonyl (C=O) groups excluding carboxylic acids is 2. The van der Waals surface area contributed by atoms with Crippen LogP contribution < -0.4 is 15.8 Å². The molecule has 0 aliphatic heterocycles. The van der Waals surface area contributed by atoms with E-state index in [0.717, 1.165) is 5.56 Å². The maximum atomic E-state index is 12.1. The van der Waals surface area contributed by atoms with Crippen molar-refractivity contribution in [2.24, 2.45) is 5.73 Å². The standard InChI is InChI=1S/C19H21ClN2O4/c1-13-6-8-14(9-7-13)25-10-11-26-18(23)12-17(22-19(21)24)15-4-2-3-5-16(15)20/h2-9,17H,10-12H2,1H3,(H3,21,22,24)/t17-/m0/s1. The molecule has 0 saturated heterocycles. The first-order chi connectivity index (χ1) is 12.5. The minimum atomic E-state index is -0.745. The van der Waals surface area contributed by atoms with Crippen molar-refractivity contribution < 1.29 is 19.1 Å². The fourth-order valence-corrected chi connectivity index (χ4v) is 2.61. The summed E-state index contributed by atoms with van der Waals surface area (Å²) in [6.45, 7) is 2.31. The number of hydrogen-bond acceptors (Lipinski definition) is 4. The number of primary amides is 1. The van der Waals surface area contributed by atoms with E-state index in [9.17, 15) is 9.59 Å². The van der Waals surface area contributed by atoms with Gasteiger partial charge in [0.05, 0.1) is 12.5 Å². The Morgan fingerprint density at radius 2 is 1.81 bits per heavy atom. The van der Waals surface area contributed by atoms with Gasteiger partial charge in [0.1, 0.15) is 19.0 Å². The molecule has 0 saturated carbocycles. The van der Waals surface area contributed by atoms with Gasteiger partial charge in [-0.1, -0.05) is 47.5 Å². The van der Waals surface area contributed by atoms with Crippen molar-refractivity contribution >= 4 is 23.6 Å². The van der Waals surface area contributed by atoms with Gasteiger partial charge in [-0.15, -0.1) is 0 Å². The zero-order valence-corrected chi connectivity index (χ0v) is 15.2. The number of benzene rings is 2. The van der Waals surface area contributed by atoms with Gasteiger partial charge in [0.15, 0.2) is 0 Å². The maximum Gasteiger partial charge on any atom is 0.312 e. The number of amides is 2. The summed E-state index contributed by atoms with van der Waals surface area (Å²) in [6.07, 6.45) is -0.0861. The summed E-state index contributed by atoms with van der Waals surface area (Å²) < 4.78 is 10.7. The lowest BCUT2D eigenvalue weighted by molar-refractivity contribution is -0.144. The first-order valence-electron chi connectivity index (χ1n) is 8.11. The summed E-state index contributed by atoms with van der Waals surface area (Å²) >= 11 is 6.13. The summed E-state index contributed by atoms with van der Waals surface area (Å²) in [4.78, 5) is 23.3. The van der Waals surface area contributed by atoms with Crippen LogP contribution in [0.25, 0.3) is 0 Å². The Labute approximate surface area is 157 Å². The topological polar surface area (TPSA) is 90.7 Å². The number of hydrogen-bond donors (Lipinski definition) is 2. The third kappa shape index (κ3) is 6.29. The molecule has 2 amide bonds. The van der Waals surface area contributed by atoms with Crippen molar-refractivity contribution in [3.8, 4) is 5.75 Å². The van der Waals surface area contributed by atoms with Crippen LogP contribution in [-0.2, 0) is 9.53 Å². The van der Waals surface area contributed by atoms with Gasteiger partial charge in [-0.2, -0.15) is 0 Å². The van der Waals surface area contributed by atoms with Gasteiger partial charge >= 0.3 is 12.0 Å². The minimum Gasteiger partial charge on any atom is -0.490 e. The zero-order chi connectivity index (χ0) is 18.9. The lowest BCUT2D eigenvalue weighted by Gasteiger charge is -2.18. The third-order valence-corrected chi connectivity index (χ3v) is 3.95. The number of ether oxygens (including phenoxy) is 2. The van der Waals surface area contributed by atoms with Crippen LogP contribution in [0, 0.1) is 6.92 Å². The Kier molecular flexibility index (Phi) is 7.29. The van der Waals surface area contributed by atoms with Gasteiger partial charge in [0.25, 0.3) is 0 Å². The summed E-state index contributed by atoms with van der Waals surface area (Å²) in [5.41, 5.74) is 6.92. The average molecular weight is 377 g/mol. The molecule has 0 aromatic heterocycles. The number of urea groups is 1. The third-order valence-electron chi connectivity index (χ3n) is 3.60. The number of nitrogens with one attached hydrogen (secondary N) is 1. The predicted octanol–water partition coefficient (Wildman–Crippen LogP) is 3.37. The number of nitrogens with two attached hydrogens (primary N) is 1. The molecule has 2 rings (SSSR count). The number of halogens is 1. The lowest BCUT2D eigenvalue weighted by atomic mass is 10.0. The Bertz CT molecular complexity index is 749. The van der Waals surface area contributed by atoms with Gasteiger partial charge in [0, 0.05) is 5.02 Å². The van der Waals surface area contributed by atoms with Crippen LogP contribution in [0.4, 0.5) is 4.79 Å². The van der Waals surface area contributed by atoms with Crippen molar-refractivity contribution in [1.29, 1.82) is 0 Å². The number of esters is 1. The minimum absolute atomic E-state index is 0.0861. The maximum absolute atomic E-state index is 12.1. The van der Waals surface area contributed by atoms with Gasteiger partial charge in [0.2, 0.25) is 0 Å². The van der Waals surface area contributed by atoms with Crippen LogP contribution in [0.2, 0.25) is 5.02 Å². The van der Waals surface area contributed by atoms with Crippen molar-refractivity contribution in [2.75, 3.05) is 13.2 Å². The van der Waals surface area contributed by atoms with E-state index in [2.05, 4.69) is 5.32 Å². The summed E-state index contributed by atoms with van der Waals surface area (Å²) in [7, 11) is 0. The largest absolute Gasteiger partial charge is 0.490 e. The molecular formula is C19H21ClN2O4. The molecule has 0 aliphatic carbocycles. The van der Waals surface area contributed by atoms with Crippen molar-refractivity contribution in [3.63, 3.8) is 0 Å². The fraction of sp³-hybridized carbons (Fsp3) is 0.263. The number of rotatable bonds is 8. The van der Waals surface area contributed by atoms with Gasteiger partial charge < -0.3 is 20.5 Å². The van der Waals surface area contributed by atoms with Crippen LogP contribution in [0.3, 0.4) is 0 Å². The van der Waals surface area contributed by atoms with E-state index >= 15 is 0 Å². The van der Waals surface area contributed by atoms with E-state index in [4.69, 9.17) is 26.8 Å². The Morgan fingerprint density at radius 1 is 1.12 bits per heavy atom. The van der Waals surface area contributed by atoms with Crippen LogP contribution in [0.5, 0.6) is 5.75 Å². The second-order valence-corrected chi connectivity index (χ2v) is 6.08. The quantitative estimate of drug-likeness (QED) is 0.546. The van der Waals surface area contributed by atoms with Crippen LogP contribution in [0.1, 0.15) is 23.6 Å². The van der Waals surface area contributed by atoms with E-state index in [-0.39, 0.29) is 19.6 Å². The Hall–Kier alpha value is -2.73. The molecule has 7 heteroatoms. The molecule has 3 N–H and O–H groups in total. The Balaban J connectivity index is 1.84. The van der Waals surface area contributed by atoms with E-state index in [1.54, 1.807) is 24.3 Å². The highest BCUT2D eigenvalue weighted by atomic mass is 35.5. The summed E-state index contributed by atoms with van der Waals surface area (Å²) in [5, 5.41) is 2.94. The molecule has 6 nitrogen and oxygen atoms in total. The molecule has 0 heterocycles. The molecule has 2 aromatic rings. The fourth-order valence-electron chi connectivity index (χ4n) is 2.34. The van der Waals surface area contributed by atoms with E-state index in [1.807, 2.05) is 31.2 Å². The second kappa shape index (κ2) is 9.68. The molecule has 26 heavy (non-hydrogen) atoms. The normalized spacial score (nSPS) is 11.5. The molecule has 0 fully saturated rings. The molecule has 2 aromatic carbocycles. The van der Waals surface area contributed by atoms with Crippen molar-refractivity contribution in [3.05, 3.63) is 64.7 Å². The van der Waals surface area contributed by atoms with E-state index in [0.29, 0.717) is 16.3 Å². The highest BCUT2D eigenvalue weighted by Crippen LogP contribution is 2.25. The van der Waals surface area contributed by atoms with Crippen LogP contribution in [0.15, 0.2) is 48.5 Å². The van der Waals surface area contributed by atoms with Crippen molar-refractivity contribution in [1.82, 2.24) is 5.32 Å². The molecular weight excluding hydrogens is 356 g/mol. The molecule has 0 bridgehead atoms. The first-order valence-corrected chi connectivity index (χ1v) is 8.49. The zero-order valence-electron chi connectivity index (χ0n) is 14.4. The highest BCUT2D eigenvalue weighted by Gasteiger charge is 2.20. The van der Waals surface area contributed by atoms with E-state index < -0.39 is 18.0 Å². The smallest absolute Gasteiger partial charge is 0.312 e. The number of carbonyl (C=O) groups is 2. The van der Waals surface area contributed by atoms with Crippen molar-refractivity contribution in [2.45, 2.75) is 19.4 Å². The number of aryl methyl sites for hydroxylation is 1. The molecule has 0 radical (unpaired) electrons. The molecule has 1 atom stereocenters. The predicted molar refractivity (Wildman–Crippen MR) is 99.2 cm³/mol. The summed E-state index contributed by atoms with van der Waals surface area (Å²) in [5.74, 6) is 0.215. The molecule has 0 aliphatic rings. The highest BCUT2D eigenvalue weighted by molar-refractivity contribution is 6.31. The molecule has 0 unspecified atom stereocenters. The van der Waals surface area contributed by atoms with Gasteiger partial charge in [-0.05, 0) is 30.7 Å². The molecule has 138 valence electrons. The molecule has 0 spiro atoms. The summed E-state index contributed by atoms with van der Waals surface area (Å²) in [6, 6.07) is 13.1. The average Bonchev–Trinajstić information content (AvgIpc) is 2.60. The van der Waals surface area contributed by atoms with Crippen LogP contribution in [-0.4, -0.2) is 25.2 Å². The lowest BCUT2D eigenvalue weighted by Crippen LogP contribution is -2.35. The van der Waals surface area contributed by atoms with Crippen LogP contribution >= 0.6 is 11.6 Å². The van der Waals surface area contributed by atoms with E-state index in [1.165, 1.54) is 0 Å². The SMILES string of the molecule is Cc1ccc(OCCOC(=O)C[C@H](NC(N)=O)c2ccccc2Cl)cc1. The van der Waals surface area contributed by atoms with Gasteiger partial charge in [-0.25, -0.2) is 4.79 Å². The van der Waals surface area contributed by atoms with Gasteiger partial charge in [-0.3, -0.25) is 4.79 Å².